The third-order valence-electron chi connectivity index (χ3n) is 7.42. The second-order valence-electron chi connectivity index (χ2n) is 10.5. The number of nitrogens with two attached hydrogens (primary N) is 1. The zero-order valence-electron chi connectivity index (χ0n) is 22.0. The highest BCUT2D eigenvalue weighted by Gasteiger charge is 2.49. The van der Waals surface area contributed by atoms with Gasteiger partial charge in [0.05, 0.1) is 28.3 Å². The monoisotopic (exact) mass is 540 g/mol. The van der Waals surface area contributed by atoms with E-state index in [4.69, 9.17) is 5.73 Å². The molecular formula is C29H31F3N4O3. The SMILES string of the molecule is CC(C)C[C@@H](C(=O)N[C@H]1N=C(c2ccc(C(F)(F)F)cc2)c2ccccc2N(C)C1=O)C1(C(N)=O)CC=CC1. The van der Waals surface area contributed by atoms with Crippen molar-refractivity contribution in [2.45, 2.75) is 45.5 Å². The number of aliphatic imine (C=N–C) groups is 1. The number of hydrogen-bond donors (Lipinski definition) is 2. The number of benzene rings is 2. The van der Waals surface area contributed by atoms with Crippen molar-refractivity contribution in [3.05, 3.63) is 77.4 Å². The molecule has 0 radical (unpaired) electrons. The molecule has 0 saturated carbocycles. The van der Waals surface area contributed by atoms with Gasteiger partial charge in [-0.05, 0) is 43.4 Å². The molecule has 7 nitrogen and oxygen atoms in total. The molecule has 1 aliphatic heterocycles. The summed E-state index contributed by atoms with van der Waals surface area (Å²) < 4.78 is 39.6. The van der Waals surface area contributed by atoms with E-state index in [1.165, 1.54) is 17.0 Å². The zero-order valence-corrected chi connectivity index (χ0v) is 22.0. The molecule has 1 heterocycles. The maximum atomic E-state index is 13.8. The Balaban J connectivity index is 1.76. The molecule has 0 bridgehead atoms. The third-order valence-corrected chi connectivity index (χ3v) is 7.42. The Morgan fingerprint density at radius 1 is 1.10 bits per heavy atom. The number of para-hydroxylation sites is 1. The maximum Gasteiger partial charge on any atom is 0.416 e. The van der Waals surface area contributed by atoms with Crippen molar-refractivity contribution in [1.82, 2.24) is 5.32 Å². The van der Waals surface area contributed by atoms with Gasteiger partial charge in [-0.1, -0.05) is 56.3 Å². The van der Waals surface area contributed by atoms with Gasteiger partial charge in [0.15, 0.2) is 0 Å². The summed E-state index contributed by atoms with van der Waals surface area (Å²) >= 11 is 0. The normalized spacial score (nSPS) is 19.4. The molecular weight excluding hydrogens is 509 g/mol. The summed E-state index contributed by atoms with van der Waals surface area (Å²) in [6.07, 6.45) is -1.23. The van der Waals surface area contributed by atoms with Crippen LogP contribution in [0.2, 0.25) is 0 Å². The number of fused-ring (bicyclic) bond motifs is 1. The van der Waals surface area contributed by atoms with E-state index in [2.05, 4.69) is 10.3 Å². The number of allylic oxidation sites excluding steroid dienone is 2. The number of rotatable bonds is 7. The number of amides is 3. The van der Waals surface area contributed by atoms with Crippen molar-refractivity contribution in [1.29, 1.82) is 0 Å². The first-order valence-corrected chi connectivity index (χ1v) is 12.7. The Morgan fingerprint density at radius 3 is 2.28 bits per heavy atom. The third kappa shape index (κ3) is 5.46. The fourth-order valence-electron chi connectivity index (χ4n) is 5.28. The van der Waals surface area contributed by atoms with E-state index in [1.807, 2.05) is 26.0 Å². The Bertz CT molecular complexity index is 1320. The standard InChI is InChI=1S/C29H31F3N4O3/c1-17(2)16-21(28(27(33)39)14-6-7-15-28)25(37)35-24-26(38)36(3)22-9-5-4-8-20(22)23(34-24)18-10-12-19(13-11-18)29(30,31)32/h4-13,17,21,24H,14-16H2,1-3H3,(H2,33,39)(H,35,37)/t21-,24+/m0/s1. The van der Waals surface area contributed by atoms with Crippen LogP contribution in [0.5, 0.6) is 0 Å². The maximum absolute atomic E-state index is 13.8. The molecule has 3 N–H and O–H groups in total. The number of primary amides is 1. The summed E-state index contributed by atoms with van der Waals surface area (Å²) in [7, 11) is 1.54. The first kappa shape index (κ1) is 28.1. The van der Waals surface area contributed by atoms with Crippen LogP contribution < -0.4 is 16.0 Å². The Labute approximate surface area is 225 Å². The number of nitrogens with zero attached hydrogens (tertiary/aromatic N) is 2. The minimum atomic E-state index is -4.51. The zero-order chi connectivity index (χ0) is 28.5. The summed E-state index contributed by atoms with van der Waals surface area (Å²) in [5.74, 6) is -2.39. The average Bonchev–Trinajstić information content (AvgIpc) is 3.36. The fraction of sp³-hybridized carbons (Fsp3) is 0.379. The number of anilines is 1. The molecule has 206 valence electrons. The van der Waals surface area contributed by atoms with Gasteiger partial charge in [0.1, 0.15) is 0 Å². The van der Waals surface area contributed by atoms with Crippen molar-refractivity contribution in [3.63, 3.8) is 0 Å². The number of nitrogens with one attached hydrogen (secondary N) is 1. The van der Waals surface area contributed by atoms with Crippen molar-refractivity contribution in [2.24, 2.45) is 28.0 Å². The second-order valence-corrected chi connectivity index (χ2v) is 10.5. The van der Waals surface area contributed by atoms with Gasteiger partial charge in [-0.3, -0.25) is 14.4 Å². The molecule has 0 fully saturated rings. The largest absolute Gasteiger partial charge is 0.416 e. The van der Waals surface area contributed by atoms with Gasteiger partial charge in [0.25, 0.3) is 5.91 Å². The molecule has 0 unspecified atom stereocenters. The van der Waals surface area contributed by atoms with Gasteiger partial charge < -0.3 is 16.0 Å². The number of likely N-dealkylation sites (N-methyl/N-ethyl adjacent to an activating group) is 1. The summed E-state index contributed by atoms with van der Waals surface area (Å²) in [5, 5.41) is 2.74. The van der Waals surface area contributed by atoms with Crippen LogP contribution in [0.3, 0.4) is 0 Å². The molecule has 3 amide bonds. The van der Waals surface area contributed by atoms with E-state index >= 15 is 0 Å². The highest BCUT2D eigenvalue weighted by atomic mass is 19.4. The molecule has 2 atom stereocenters. The van der Waals surface area contributed by atoms with Crippen LogP contribution in [-0.4, -0.2) is 36.6 Å². The van der Waals surface area contributed by atoms with E-state index in [0.717, 1.165) is 12.1 Å². The predicted octanol–water partition coefficient (Wildman–Crippen LogP) is 4.45. The summed E-state index contributed by atoms with van der Waals surface area (Å²) in [4.78, 5) is 45.9. The fourth-order valence-corrected chi connectivity index (χ4v) is 5.28. The number of carbonyl (C=O) groups excluding carboxylic acids is 3. The topological polar surface area (TPSA) is 105 Å². The van der Waals surface area contributed by atoms with E-state index in [9.17, 15) is 27.6 Å². The Hall–Kier alpha value is -3.95. The summed E-state index contributed by atoms with van der Waals surface area (Å²) in [6.45, 7) is 3.86. The minimum absolute atomic E-state index is 0.0561. The van der Waals surface area contributed by atoms with Crippen molar-refractivity contribution in [2.75, 3.05) is 11.9 Å². The van der Waals surface area contributed by atoms with Crippen molar-refractivity contribution in [3.8, 4) is 0 Å². The smallest absolute Gasteiger partial charge is 0.369 e. The summed E-state index contributed by atoms with van der Waals surface area (Å²) in [6, 6.07) is 11.4. The highest BCUT2D eigenvalue weighted by Crippen LogP contribution is 2.43. The second kappa shape index (κ2) is 10.7. The van der Waals surface area contributed by atoms with Crippen LogP contribution in [0.1, 0.15) is 49.8 Å². The molecule has 2 aliphatic rings. The van der Waals surface area contributed by atoms with Gasteiger partial charge in [-0.15, -0.1) is 0 Å². The van der Waals surface area contributed by atoms with Crippen molar-refractivity contribution >= 4 is 29.1 Å². The lowest BCUT2D eigenvalue weighted by atomic mass is 9.69. The molecule has 1 aliphatic carbocycles. The number of benzodiazepines with no additional fused rings is 1. The average molecular weight is 541 g/mol. The van der Waals surface area contributed by atoms with Crippen LogP contribution in [0.4, 0.5) is 18.9 Å². The van der Waals surface area contributed by atoms with Gasteiger partial charge in [0, 0.05) is 18.2 Å². The van der Waals surface area contributed by atoms with Crippen LogP contribution in [-0.2, 0) is 20.6 Å². The number of halogens is 3. The molecule has 39 heavy (non-hydrogen) atoms. The van der Waals surface area contributed by atoms with Crippen molar-refractivity contribution < 1.29 is 27.6 Å². The summed E-state index contributed by atoms with van der Waals surface area (Å²) in [5.41, 5.74) is 5.51. The molecule has 2 aromatic carbocycles. The lowest BCUT2D eigenvalue weighted by Crippen LogP contribution is -2.53. The van der Waals surface area contributed by atoms with E-state index in [0.29, 0.717) is 36.1 Å². The Morgan fingerprint density at radius 2 is 1.72 bits per heavy atom. The van der Waals surface area contributed by atoms with Gasteiger partial charge >= 0.3 is 6.18 Å². The minimum Gasteiger partial charge on any atom is -0.369 e. The number of carbonyl (C=O) groups is 3. The lowest BCUT2D eigenvalue weighted by Gasteiger charge is -2.35. The van der Waals surface area contributed by atoms with Crippen LogP contribution in [0, 0.1) is 17.3 Å². The van der Waals surface area contributed by atoms with Crippen LogP contribution in [0.15, 0.2) is 65.7 Å². The van der Waals surface area contributed by atoms with E-state index < -0.39 is 47.0 Å². The molecule has 2 aromatic rings. The lowest BCUT2D eigenvalue weighted by molar-refractivity contribution is -0.141. The van der Waals surface area contributed by atoms with Gasteiger partial charge in [-0.2, -0.15) is 13.2 Å². The Kier molecular flexibility index (Phi) is 7.68. The molecule has 4 rings (SSSR count). The van der Waals surface area contributed by atoms with Crippen LogP contribution in [0.25, 0.3) is 0 Å². The predicted molar refractivity (Wildman–Crippen MR) is 142 cm³/mol. The number of hydrogen-bond acceptors (Lipinski definition) is 4. The first-order chi connectivity index (χ1) is 18.3. The highest BCUT2D eigenvalue weighted by molar-refractivity contribution is 6.20. The van der Waals surface area contributed by atoms with Gasteiger partial charge in [0.2, 0.25) is 18.0 Å². The molecule has 0 spiro atoms. The van der Waals surface area contributed by atoms with E-state index in [1.54, 1.807) is 31.3 Å². The van der Waals surface area contributed by atoms with Crippen LogP contribution >= 0.6 is 0 Å². The number of alkyl halides is 3. The van der Waals surface area contributed by atoms with E-state index in [-0.39, 0.29) is 11.6 Å². The molecule has 10 heteroatoms. The van der Waals surface area contributed by atoms with Gasteiger partial charge in [-0.25, -0.2) is 4.99 Å². The molecule has 0 saturated heterocycles. The first-order valence-electron chi connectivity index (χ1n) is 12.7. The molecule has 0 aromatic heterocycles. The quantitative estimate of drug-likeness (QED) is 0.507.